The van der Waals surface area contributed by atoms with Gasteiger partial charge < -0.3 is 0 Å². The van der Waals surface area contributed by atoms with Crippen molar-refractivity contribution in [1.82, 2.24) is 10.2 Å². The third-order valence-corrected chi connectivity index (χ3v) is 7.53. The molecule has 1 unspecified atom stereocenters. The maximum atomic E-state index is 13.8. The van der Waals surface area contributed by atoms with Gasteiger partial charge in [-0.3, -0.25) is 5.10 Å². The van der Waals surface area contributed by atoms with Crippen LogP contribution in [-0.2, 0) is 0 Å². The van der Waals surface area contributed by atoms with E-state index in [1.165, 1.54) is 18.3 Å². The number of nitriles is 1. The maximum absolute atomic E-state index is 13.8. The molecule has 1 aromatic heterocycles. The van der Waals surface area contributed by atoms with Gasteiger partial charge in [-0.1, -0.05) is 74.5 Å². The Morgan fingerprint density at radius 2 is 1.81 bits per heavy atom. The van der Waals surface area contributed by atoms with E-state index >= 15 is 0 Å². The fourth-order valence-electron chi connectivity index (χ4n) is 2.66. The van der Waals surface area contributed by atoms with E-state index in [1.54, 1.807) is 0 Å². The van der Waals surface area contributed by atoms with Crippen molar-refractivity contribution < 1.29 is 19.4 Å². The number of hydrogen-bond acceptors (Lipinski definition) is 2. The topological polar surface area (TPSA) is 52.5 Å². The van der Waals surface area contributed by atoms with Gasteiger partial charge in [0.2, 0.25) is 0 Å². The van der Waals surface area contributed by atoms with Crippen LogP contribution in [0.5, 0.6) is 0 Å². The lowest BCUT2D eigenvalue weighted by atomic mass is 10.0. The molecule has 2 aromatic rings. The Balaban J connectivity index is 2.53. The van der Waals surface area contributed by atoms with Gasteiger partial charge in [0.1, 0.15) is 11.0 Å². The van der Waals surface area contributed by atoms with Gasteiger partial charge >= 0.3 is 10.2 Å². The molecule has 13 heteroatoms. The summed E-state index contributed by atoms with van der Waals surface area (Å²) in [5, 5.41) is 13.9. The van der Waals surface area contributed by atoms with Crippen molar-refractivity contribution in [2.24, 2.45) is 0 Å². The second-order valence-corrected chi connectivity index (χ2v) is 12.7. The number of hydrogen-bond donors (Lipinski definition) is 1. The van der Waals surface area contributed by atoms with Crippen LogP contribution in [0.3, 0.4) is 0 Å². The van der Waals surface area contributed by atoms with Gasteiger partial charge in [-0.05, 0) is 12.5 Å². The summed E-state index contributed by atoms with van der Waals surface area (Å²) in [6, 6.07) is 2.52. The molecule has 0 radical (unpaired) electrons. The van der Waals surface area contributed by atoms with Crippen LogP contribution in [0.25, 0.3) is 11.3 Å². The van der Waals surface area contributed by atoms with Crippen molar-refractivity contribution in [2.75, 3.05) is 0 Å². The first-order chi connectivity index (χ1) is 11.6. The van der Waals surface area contributed by atoms with Gasteiger partial charge in [-0.15, -0.1) is 0 Å². The quantitative estimate of drug-likeness (QED) is 0.306. The van der Waals surface area contributed by atoms with Gasteiger partial charge in [0.05, 0.1) is 24.5 Å². The Bertz CT molecular complexity index is 972. The van der Waals surface area contributed by atoms with E-state index in [9.17, 15) is 24.7 Å². The molecule has 1 saturated carbocycles. The molecule has 1 fully saturated rings. The number of H-pyrrole nitrogens is 1. The van der Waals surface area contributed by atoms with Crippen LogP contribution in [0, 0.1) is 11.3 Å². The maximum Gasteiger partial charge on any atom is 0.312 e. The van der Waals surface area contributed by atoms with E-state index in [1.807, 2.05) is 0 Å². The molecule has 0 amide bonds. The predicted molar refractivity (Wildman–Crippen MR) is 98.1 cm³/mol. The molecule has 1 aromatic carbocycles. The minimum atomic E-state index is -10.3. The van der Waals surface area contributed by atoms with Gasteiger partial charge in [0.15, 0.2) is 0 Å². The molecular weight excluding hydrogens is 556 g/mol. The van der Waals surface area contributed by atoms with E-state index in [0.717, 1.165) is 0 Å². The van der Waals surface area contributed by atoms with Crippen LogP contribution in [0.2, 0.25) is 10.0 Å². The highest BCUT2D eigenvalue weighted by Crippen LogP contribution is 3.03. The van der Waals surface area contributed by atoms with E-state index < -0.39 is 45.4 Å². The minimum Gasteiger partial charge on any atom is -0.278 e. The third kappa shape index (κ3) is 3.35. The number of alkyl halides is 2. The van der Waals surface area contributed by atoms with E-state index in [0.29, 0.717) is 0 Å². The van der Waals surface area contributed by atoms with Crippen molar-refractivity contribution in [3.05, 3.63) is 33.4 Å². The average molecular weight is 562 g/mol. The van der Waals surface area contributed by atoms with Crippen molar-refractivity contribution in [2.45, 2.75) is 20.5 Å². The van der Waals surface area contributed by atoms with Crippen molar-refractivity contribution >= 4 is 65.3 Å². The number of nitrogens with zero attached hydrogens (tertiary/aromatic N) is 2. The number of rotatable bonds is 3. The van der Waals surface area contributed by atoms with Crippen LogP contribution >= 0.6 is 65.3 Å². The second-order valence-electron chi connectivity index (χ2n) is 5.69. The van der Waals surface area contributed by atoms with E-state index in [2.05, 4.69) is 42.1 Å². The zero-order valence-electron chi connectivity index (χ0n) is 12.1. The second kappa shape index (κ2) is 5.29. The lowest BCUT2D eigenvalue weighted by Crippen LogP contribution is -2.14. The van der Waals surface area contributed by atoms with Crippen molar-refractivity contribution in [3.8, 4) is 17.3 Å². The number of aromatic amines is 1. The summed E-state index contributed by atoms with van der Waals surface area (Å²) in [6.45, 7) is 0. The van der Waals surface area contributed by atoms with Crippen molar-refractivity contribution in [1.29, 1.82) is 5.26 Å². The number of nitrogens with one attached hydrogen (secondary N) is 1. The van der Waals surface area contributed by atoms with Gasteiger partial charge in [-0.25, -0.2) is 0 Å². The standard InChI is InChI=1S/C13H6Br2Cl2F5N3S/c14-13(15)3-6(13)8-11(17)9(7-1-2-24-25-7)10(16)5(4-23)12(8)26(18,19,20,21)22/h1-2,6H,3H2,(H,24,25). The minimum absolute atomic E-state index is 0.0580. The highest BCUT2D eigenvalue weighted by atomic mass is 79.9. The summed E-state index contributed by atoms with van der Waals surface area (Å²) >= 11 is 18.3. The number of benzene rings is 1. The SMILES string of the molecule is N#Cc1c(Cl)c(-c2ccn[nH]2)c(Cl)c(C2CC2(Br)Br)c1S(F)(F)(F)(F)F. The molecule has 0 spiro atoms. The van der Waals surface area contributed by atoms with Gasteiger partial charge in [-0.2, -0.15) is 10.4 Å². The van der Waals surface area contributed by atoms with Crippen LogP contribution < -0.4 is 0 Å². The van der Waals surface area contributed by atoms with Gasteiger partial charge in [0.25, 0.3) is 0 Å². The van der Waals surface area contributed by atoms with Gasteiger partial charge in [0, 0.05) is 23.2 Å². The largest absolute Gasteiger partial charge is 0.312 e. The normalized spacial score (nSPS) is 21.6. The molecule has 1 heterocycles. The summed E-state index contributed by atoms with van der Waals surface area (Å²) in [5.74, 6) is -1.04. The Morgan fingerprint density at radius 3 is 2.19 bits per heavy atom. The Morgan fingerprint density at radius 1 is 1.23 bits per heavy atom. The Labute approximate surface area is 170 Å². The number of halogens is 9. The lowest BCUT2D eigenvalue weighted by molar-refractivity contribution is 0.362. The highest BCUT2D eigenvalue weighted by molar-refractivity contribution is 9.25. The lowest BCUT2D eigenvalue weighted by Gasteiger charge is -2.43. The first-order valence-electron chi connectivity index (χ1n) is 6.65. The molecule has 3 nitrogen and oxygen atoms in total. The summed E-state index contributed by atoms with van der Waals surface area (Å²) in [7, 11) is -10.3. The predicted octanol–water partition coefficient (Wildman–Crippen LogP) is 7.89. The fourth-order valence-corrected chi connectivity index (χ4v) is 5.87. The molecular formula is C13H6Br2Cl2F5N3S. The molecule has 1 aliphatic carbocycles. The highest BCUT2D eigenvalue weighted by Gasteiger charge is 2.70. The summed E-state index contributed by atoms with van der Waals surface area (Å²) in [6.07, 6.45) is 1.34. The zero-order valence-corrected chi connectivity index (χ0v) is 17.6. The summed E-state index contributed by atoms with van der Waals surface area (Å²) in [4.78, 5) is -2.34. The summed E-state index contributed by atoms with van der Waals surface area (Å²) in [5.41, 5.74) is -2.32. The average Bonchev–Trinajstić information content (AvgIpc) is 2.86. The molecule has 0 bridgehead atoms. The molecule has 1 atom stereocenters. The van der Waals surface area contributed by atoms with Crippen LogP contribution in [0.1, 0.15) is 23.5 Å². The smallest absolute Gasteiger partial charge is 0.278 e. The molecule has 1 aliphatic rings. The van der Waals surface area contributed by atoms with Crippen LogP contribution in [0.4, 0.5) is 19.4 Å². The van der Waals surface area contributed by atoms with Crippen LogP contribution in [-0.4, -0.2) is 13.4 Å². The molecule has 3 rings (SSSR count). The molecule has 26 heavy (non-hydrogen) atoms. The first kappa shape index (κ1) is 20.2. The summed E-state index contributed by atoms with van der Waals surface area (Å²) < 4.78 is 68.0. The van der Waals surface area contributed by atoms with Crippen molar-refractivity contribution in [3.63, 3.8) is 0 Å². The monoisotopic (exact) mass is 559 g/mol. The molecule has 0 aliphatic heterocycles. The third-order valence-electron chi connectivity index (χ3n) is 3.81. The molecule has 142 valence electrons. The molecule has 0 saturated heterocycles. The number of aromatic nitrogens is 2. The van der Waals surface area contributed by atoms with E-state index in [-0.39, 0.29) is 17.7 Å². The first-order valence-corrected chi connectivity index (χ1v) is 10.9. The zero-order chi connectivity index (χ0) is 19.8. The van der Waals surface area contributed by atoms with E-state index in [4.69, 9.17) is 23.2 Å². The molecule has 1 N–H and O–H groups in total. The van der Waals surface area contributed by atoms with Crippen LogP contribution in [0.15, 0.2) is 17.2 Å². The Hall–Kier alpha value is -0.540. The Kier molecular flexibility index (Phi) is 4.11. The fraction of sp³-hybridized carbons (Fsp3) is 0.231.